The van der Waals surface area contributed by atoms with Gasteiger partial charge in [-0.25, -0.2) is 4.79 Å². The van der Waals surface area contributed by atoms with Gasteiger partial charge in [-0.2, -0.15) is 0 Å². The molecule has 0 unspecified atom stereocenters. The molecule has 0 aliphatic rings. The van der Waals surface area contributed by atoms with Crippen molar-refractivity contribution in [2.75, 3.05) is 11.9 Å². The molecule has 0 spiro atoms. The SMILES string of the molecule is CCOc1ccc(Oc2ccccc2NC(=O)CCn2c(=O)n(C)c3ccccc32)cc1. The first-order valence-electron chi connectivity index (χ1n) is 10.5. The van der Waals surface area contributed by atoms with E-state index in [2.05, 4.69) is 5.32 Å². The van der Waals surface area contributed by atoms with Crippen molar-refractivity contribution in [3.05, 3.63) is 83.3 Å². The number of hydrogen-bond acceptors (Lipinski definition) is 4. The van der Waals surface area contributed by atoms with E-state index in [4.69, 9.17) is 9.47 Å². The number of hydrogen-bond donors (Lipinski definition) is 1. The van der Waals surface area contributed by atoms with E-state index in [-0.39, 0.29) is 24.6 Å². The van der Waals surface area contributed by atoms with Gasteiger partial charge in [-0.3, -0.25) is 13.9 Å². The van der Waals surface area contributed by atoms with Crippen LogP contribution in [-0.4, -0.2) is 21.6 Å². The first kappa shape index (κ1) is 21.2. The van der Waals surface area contributed by atoms with Crippen molar-refractivity contribution in [1.82, 2.24) is 9.13 Å². The van der Waals surface area contributed by atoms with Crippen molar-refractivity contribution >= 4 is 22.6 Å². The Hall–Kier alpha value is -4.00. The van der Waals surface area contributed by atoms with E-state index < -0.39 is 0 Å². The Labute approximate surface area is 185 Å². The smallest absolute Gasteiger partial charge is 0.328 e. The fraction of sp³-hybridized carbons (Fsp3) is 0.200. The Kier molecular flexibility index (Phi) is 6.26. The molecule has 0 fully saturated rings. The zero-order valence-corrected chi connectivity index (χ0v) is 18.1. The first-order valence-corrected chi connectivity index (χ1v) is 10.5. The molecule has 164 valence electrons. The molecule has 3 aromatic carbocycles. The lowest BCUT2D eigenvalue weighted by Gasteiger charge is -2.13. The summed E-state index contributed by atoms with van der Waals surface area (Å²) in [4.78, 5) is 25.2. The molecule has 1 amide bonds. The maximum absolute atomic E-state index is 12.7. The van der Waals surface area contributed by atoms with E-state index >= 15 is 0 Å². The van der Waals surface area contributed by atoms with Crippen molar-refractivity contribution < 1.29 is 14.3 Å². The number of aryl methyl sites for hydroxylation is 2. The maximum Gasteiger partial charge on any atom is 0.328 e. The van der Waals surface area contributed by atoms with Crippen molar-refractivity contribution in [3.8, 4) is 17.2 Å². The number of ether oxygens (including phenoxy) is 2. The summed E-state index contributed by atoms with van der Waals surface area (Å²) in [6, 6.07) is 22.1. The molecule has 1 aromatic heterocycles. The topological polar surface area (TPSA) is 74.5 Å². The highest BCUT2D eigenvalue weighted by Crippen LogP contribution is 2.30. The fourth-order valence-electron chi connectivity index (χ4n) is 3.56. The van der Waals surface area contributed by atoms with Gasteiger partial charge in [-0.1, -0.05) is 24.3 Å². The minimum Gasteiger partial charge on any atom is -0.494 e. The lowest BCUT2D eigenvalue weighted by Crippen LogP contribution is -2.24. The van der Waals surface area contributed by atoms with Gasteiger partial charge in [0.2, 0.25) is 5.91 Å². The van der Waals surface area contributed by atoms with Gasteiger partial charge in [-0.15, -0.1) is 0 Å². The van der Waals surface area contributed by atoms with Crippen LogP contribution in [0.25, 0.3) is 11.0 Å². The zero-order chi connectivity index (χ0) is 22.5. The highest BCUT2D eigenvalue weighted by Gasteiger charge is 2.13. The molecule has 0 bridgehead atoms. The standard InChI is InChI=1S/C25H25N3O4/c1-3-31-18-12-14-19(15-13-18)32-23-11-7-4-8-20(23)26-24(29)16-17-28-22-10-6-5-9-21(22)27(2)25(28)30/h4-15H,3,16-17H2,1-2H3,(H,26,29). The summed E-state index contributed by atoms with van der Waals surface area (Å²) in [6.45, 7) is 2.81. The summed E-state index contributed by atoms with van der Waals surface area (Å²) in [5.74, 6) is 1.74. The number of carbonyl (C=O) groups is 1. The highest BCUT2D eigenvalue weighted by molar-refractivity contribution is 5.92. The molecule has 0 saturated heterocycles. The highest BCUT2D eigenvalue weighted by atomic mass is 16.5. The van der Waals surface area contributed by atoms with Crippen molar-refractivity contribution in [2.24, 2.45) is 7.05 Å². The van der Waals surface area contributed by atoms with Crippen molar-refractivity contribution in [3.63, 3.8) is 0 Å². The van der Waals surface area contributed by atoms with Gasteiger partial charge < -0.3 is 14.8 Å². The van der Waals surface area contributed by atoms with Crippen LogP contribution in [0.2, 0.25) is 0 Å². The Morgan fingerprint density at radius 1 is 0.906 bits per heavy atom. The van der Waals surface area contributed by atoms with Gasteiger partial charge >= 0.3 is 5.69 Å². The number of rotatable bonds is 8. The Balaban J connectivity index is 1.44. The van der Waals surface area contributed by atoms with Gasteiger partial charge in [0.15, 0.2) is 5.75 Å². The third-order valence-corrected chi connectivity index (χ3v) is 5.14. The number of imidazole rings is 1. The lowest BCUT2D eigenvalue weighted by atomic mass is 10.2. The second-order valence-electron chi connectivity index (χ2n) is 7.28. The number of nitrogens with one attached hydrogen (secondary N) is 1. The van der Waals surface area contributed by atoms with Crippen molar-refractivity contribution in [2.45, 2.75) is 19.9 Å². The van der Waals surface area contributed by atoms with Crippen LogP contribution < -0.4 is 20.5 Å². The average Bonchev–Trinajstić information content (AvgIpc) is 3.05. The first-order chi connectivity index (χ1) is 15.6. The Morgan fingerprint density at radius 3 is 2.31 bits per heavy atom. The van der Waals surface area contributed by atoms with E-state index in [1.54, 1.807) is 28.3 Å². The molecular weight excluding hydrogens is 406 g/mol. The molecule has 0 radical (unpaired) electrons. The fourth-order valence-corrected chi connectivity index (χ4v) is 3.56. The zero-order valence-electron chi connectivity index (χ0n) is 18.1. The van der Waals surface area contributed by atoms with Gasteiger partial charge in [0, 0.05) is 20.0 Å². The van der Waals surface area contributed by atoms with Gasteiger partial charge in [-0.05, 0) is 55.5 Å². The third kappa shape index (κ3) is 4.51. The van der Waals surface area contributed by atoms with E-state index in [1.807, 2.05) is 67.6 Å². The number of fused-ring (bicyclic) bond motifs is 1. The second-order valence-corrected chi connectivity index (χ2v) is 7.28. The molecule has 0 aliphatic carbocycles. The van der Waals surface area contributed by atoms with Gasteiger partial charge in [0.1, 0.15) is 11.5 Å². The number of amides is 1. The van der Waals surface area contributed by atoms with Crippen LogP contribution in [0.4, 0.5) is 5.69 Å². The monoisotopic (exact) mass is 431 g/mol. The number of aromatic nitrogens is 2. The number of anilines is 1. The normalized spacial score (nSPS) is 10.8. The van der Waals surface area contributed by atoms with Crippen LogP contribution in [0.3, 0.4) is 0 Å². The molecule has 4 aromatic rings. The van der Waals surface area contributed by atoms with E-state index in [9.17, 15) is 9.59 Å². The van der Waals surface area contributed by atoms with E-state index in [0.29, 0.717) is 23.8 Å². The predicted molar refractivity (Wildman–Crippen MR) is 125 cm³/mol. The second kappa shape index (κ2) is 9.43. The number of para-hydroxylation sites is 4. The third-order valence-electron chi connectivity index (χ3n) is 5.14. The number of nitrogens with zero attached hydrogens (tertiary/aromatic N) is 2. The Morgan fingerprint density at radius 2 is 1.56 bits per heavy atom. The molecule has 0 atom stereocenters. The van der Waals surface area contributed by atoms with Crippen molar-refractivity contribution in [1.29, 1.82) is 0 Å². The summed E-state index contributed by atoms with van der Waals surface area (Å²) in [5.41, 5.74) is 2.08. The minimum atomic E-state index is -0.201. The number of benzene rings is 3. The largest absolute Gasteiger partial charge is 0.494 e. The minimum absolute atomic E-state index is 0.141. The molecule has 0 saturated carbocycles. The average molecular weight is 431 g/mol. The van der Waals surface area contributed by atoms with Crippen LogP contribution in [0.1, 0.15) is 13.3 Å². The maximum atomic E-state index is 12.7. The molecule has 32 heavy (non-hydrogen) atoms. The molecule has 1 heterocycles. The number of carbonyl (C=O) groups excluding carboxylic acids is 1. The predicted octanol–water partition coefficient (Wildman–Crippen LogP) is 4.56. The van der Waals surface area contributed by atoms with Crippen LogP contribution in [0.15, 0.2) is 77.6 Å². The molecule has 4 rings (SSSR count). The van der Waals surface area contributed by atoms with Gasteiger partial charge in [0.05, 0.1) is 23.3 Å². The summed E-state index contributed by atoms with van der Waals surface area (Å²) in [5, 5.41) is 2.90. The quantitative estimate of drug-likeness (QED) is 0.444. The molecule has 7 nitrogen and oxygen atoms in total. The molecule has 7 heteroatoms. The van der Waals surface area contributed by atoms with E-state index in [0.717, 1.165) is 16.8 Å². The molecular formula is C25H25N3O4. The van der Waals surface area contributed by atoms with Gasteiger partial charge in [0.25, 0.3) is 0 Å². The summed E-state index contributed by atoms with van der Waals surface area (Å²) >= 11 is 0. The summed E-state index contributed by atoms with van der Waals surface area (Å²) in [7, 11) is 1.73. The lowest BCUT2D eigenvalue weighted by molar-refractivity contribution is -0.116. The van der Waals surface area contributed by atoms with Crippen LogP contribution >= 0.6 is 0 Å². The molecule has 1 N–H and O–H groups in total. The molecule has 0 aliphatic heterocycles. The van der Waals surface area contributed by atoms with Crippen LogP contribution in [0.5, 0.6) is 17.2 Å². The van der Waals surface area contributed by atoms with Crippen LogP contribution in [-0.2, 0) is 18.4 Å². The summed E-state index contributed by atoms with van der Waals surface area (Å²) in [6.07, 6.45) is 0.158. The Bertz CT molecular complexity index is 1290. The summed E-state index contributed by atoms with van der Waals surface area (Å²) < 4.78 is 14.6. The van der Waals surface area contributed by atoms with Crippen LogP contribution in [0, 0.1) is 0 Å². The van der Waals surface area contributed by atoms with E-state index in [1.165, 1.54) is 0 Å².